The minimum Gasteiger partial charge on any atom is -0.457 e. The third-order valence-corrected chi connectivity index (χ3v) is 1.12. The molecule has 0 amide bonds. The van der Waals surface area contributed by atoms with Crippen LogP contribution in [-0.2, 0) is 9.53 Å². The second-order valence-electron chi connectivity index (χ2n) is 3.73. The van der Waals surface area contributed by atoms with Gasteiger partial charge in [0.2, 0.25) is 0 Å². The molecule has 0 fully saturated rings. The lowest BCUT2D eigenvalue weighted by Crippen LogP contribution is -2.22. The standard InChI is InChI=1S/C11H18O2/c1-5-6-7-8-9-10(12)13-11(2,3)4/h6-9H,5H2,1-4H3/b7-6+,9-8+. The van der Waals surface area contributed by atoms with Crippen LogP contribution in [0.2, 0.25) is 0 Å². The van der Waals surface area contributed by atoms with E-state index in [9.17, 15) is 4.79 Å². The fourth-order valence-electron chi connectivity index (χ4n) is 0.685. The van der Waals surface area contributed by atoms with E-state index in [1.165, 1.54) is 6.08 Å². The van der Waals surface area contributed by atoms with Gasteiger partial charge in [0.05, 0.1) is 0 Å². The number of carbonyl (C=O) groups is 1. The number of rotatable bonds is 3. The largest absolute Gasteiger partial charge is 0.457 e. The summed E-state index contributed by atoms with van der Waals surface area (Å²) >= 11 is 0. The summed E-state index contributed by atoms with van der Waals surface area (Å²) in [6.45, 7) is 7.58. The quantitative estimate of drug-likeness (QED) is 0.381. The molecule has 13 heavy (non-hydrogen) atoms. The van der Waals surface area contributed by atoms with Crippen molar-refractivity contribution in [3.05, 3.63) is 24.3 Å². The van der Waals surface area contributed by atoms with Gasteiger partial charge in [0, 0.05) is 6.08 Å². The lowest BCUT2D eigenvalue weighted by Gasteiger charge is -2.17. The van der Waals surface area contributed by atoms with Gasteiger partial charge in [0.15, 0.2) is 0 Å². The molecule has 0 spiro atoms. The molecule has 0 aromatic carbocycles. The molecule has 0 unspecified atom stereocenters. The molecule has 0 aromatic rings. The Morgan fingerprint density at radius 2 is 1.92 bits per heavy atom. The second-order valence-corrected chi connectivity index (χ2v) is 3.73. The molecule has 0 aliphatic heterocycles. The van der Waals surface area contributed by atoms with Crippen LogP contribution in [0.1, 0.15) is 34.1 Å². The average molecular weight is 182 g/mol. The predicted molar refractivity (Wildman–Crippen MR) is 54.4 cm³/mol. The van der Waals surface area contributed by atoms with Gasteiger partial charge in [-0.25, -0.2) is 4.79 Å². The lowest BCUT2D eigenvalue weighted by molar-refractivity contribution is -0.148. The molecule has 0 N–H and O–H groups in total. The summed E-state index contributed by atoms with van der Waals surface area (Å²) in [5.74, 6) is -0.298. The molecule has 0 heterocycles. The van der Waals surface area contributed by atoms with E-state index in [4.69, 9.17) is 4.74 Å². The van der Waals surface area contributed by atoms with Crippen LogP contribution in [0, 0.1) is 0 Å². The van der Waals surface area contributed by atoms with Crippen LogP contribution in [0.3, 0.4) is 0 Å². The third kappa shape index (κ3) is 8.86. The molecule has 0 atom stereocenters. The molecule has 0 aromatic heterocycles. The molecule has 0 bridgehead atoms. The van der Waals surface area contributed by atoms with Crippen LogP contribution in [0.15, 0.2) is 24.3 Å². The van der Waals surface area contributed by atoms with Crippen LogP contribution in [0.4, 0.5) is 0 Å². The summed E-state index contributed by atoms with van der Waals surface area (Å²) in [5.41, 5.74) is -0.407. The SMILES string of the molecule is CC/C=C/C=C/C(=O)OC(C)(C)C. The molecular formula is C11H18O2. The molecule has 0 radical (unpaired) electrons. The maximum atomic E-state index is 11.1. The number of hydrogen-bond acceptors (Lipinski definition) is 2. The van der Waals surface area contributed by atoms with Crippen molar-refractivity contribution in [2.75, 3.05) is 0 Å². The van der Waals surface area contributed by atoms with Crippen LogP contribution in [0.25, 0.3) is 0 Å². The third-order valence-electron chi connectivity index (χ3n) is 1.12. The summed E-state index contributed by atoms with van der Waals surface area (Å²) in [6.07, 6.45) is 7.90. The highest BCUT2D eigenvalue weighted by atomic mass is 16.6. The van der Waals surface area contributed by atoms with Gasteiger partial charge in [0.1, 0.15) is 5.60 Å². The lowest BCUT2D eigenvalue weighted by atomic mass is 10.2. The maximum absolute atomic E-state index is 11.1. The first kappa shape index (κ1) is 11.9. The van der Waals surface area contributed by atoms with E-state index in [0.717, 1.165) is 6.42 Å². The van der Waals surface area contributed by atoms with E-state index in [0.29, 0.717) is 0 Å². The fourth-order valence-corrected chi connectivity index (χ4v) is 0.685. The van der Waals surface area contributed by atoms with Crippen molar-refractivity contribution in [2.24, 2.45) is 0 Å². The Bertz CT molecular complexity index is 207. The smallest absolute Gasteiger partial charge is 0.331 e. The molecule has 0 rings (SSSR count). The van der Waals surface area contributed by atoms with Crippen LogP contribution >= 0.6 is 0 Å². The van der Waals surface area contributed by atoms with E-state index >= 15 is 0 Å². The first-order valence-electron chi connectivity index (χ1n) is 4.52. The van der Waals surface area contributed by atoms with E-state index in [1.807, 2.05) is 39.8 Å². The van der Waals surface area contributed by atoms with Gasteiger partial charge in [-0.1, -0.05) is 25.2 Å². The summed E-state index contributed by atoms with van der Waals surface area (Å²) in [7, 11) is 0. The minimum atomic E-state index is -0.407. The highest BCUT2D eigenvalue weighted by Gasteiger charge is 2.13. The Kier molecular flexibility index (Phi) is 5.12. The van der Waals surface area contributed by atoms with E-state index in [-0.39, 0.29) is 5.97 Å². The first-order valence-corrected chi connectivity index (χ1v) is 4.52. The Balaban J connectivity index is 3.88. The van der Waals surface area contributed by atoms with Crippen molar-refractivity contribution in [2.45, 2.75) is 39.7 Å². The fraction of sp³-hybridized carbons (Fsp3) is 0.545. The van der Waals surface area contributed by atoms with Crippen molar-refractivity contribution in [3.8, 4) is 0 Å². The molecule has 0 saturated carbocycles. The summed E-state index contributed by atoms with van der Waals surface area (Å²) in [5, 5.41) is 0. The van der Waals surface area contributed by atoms with Crippen LogP contribution in [0.5, 0.6) is 0 Å². The number of carbonyl (C=O) groups excluding carboxylic acids is 1. The first-order chi connectivity index (χ1) is 5.95. The summed E-state index contributed by atoms with van der Waals surface area (Å²) < 4.78 is 5.06. The van der Waals surface area contributed by atoms with E-state index < -0.39 is 5.60 Å². The van der Waals surface area contributed by atoms with Crippen LogP contribution < -0.4 is 0 Å². The second kappa shape index (κ2) is 5.57. The van der Waals surface area contributed by atoms with Crippen molar-refractivity contribution in [3.63, 3.8) is 0 Å². The minimum absolute atomic E-state index is 0.298. The Morgan fingerprint density at radius 3 is 2.38 bits per heavy atom. The topological polar surface area (TPSA) is 26.3 Å². The molecule has 0 saturated heterocycles. The van der Waals surface area contributed by atoms with Gasteiger partial charge in [-0.05, 0) is 27.2 Å². The highest BCUT2D eigenvalue weighted by molar-refractivity contribution is 5.82. The zero-order chi connectivity index (χ0) is 10.3. The molecular weight excluding hydrogens is 164 g/mol. The Hall–Kier alpha value is -1.05. The predicted octanol–water partition coefficient (Wildman–Crippen LogP) is 2.85. The highest BCUT2D eigenvalue weighted by Crippen LogP contribution is 2.06. The molecule has 2 nitrogen and oxygen atoms in total. The van der Waals surface area contributed by atoms with Gasteiger partial charge >= 0.3 is 5.97 Å². The van der Waals surface area contributed by atoms with Gasteiger partial charge in [-0.15, -0.1) is 0 Å². The zero-order valence-electron chi connectivity index (χ0n) is 8.83. The number of ether oxygens (including phenoxy) is 1. The molecule has 0 aliphatic carbocycles. The molecule has 74 valence electrons. The van der Waals surface area contributed by atoms with E-state index in [2.05, 4.69) is 0 Å². The van der Waals surface area contributed by atoms with Crippen LogP contribution in [-0.4, -0.2) is 11.6 Å². The molecule has 2 heteroatoms. The Labute approximate surface area is 80.3 Å². The maximum Gasteiger partial charge on any atom is 0.331 e. The van der Waals surface area contributed by atoms with Gasteiger partial charge in [-0.2, -0.15) is 0 Å². The Morgan fingerprint density at radius 1 is 1.31 bits per heavy atom. The van der Waals surface area contributed by atoms with Gasteiger partial charge < -0.3 is 4.74 Å². The number of hydrogen-bond donors (Lipinski definition) is 0. The van der Waals surface area contributed by atoms with Crippen molar-refractivity contribution in [1.82, 2.24) is 0 Å². The van der Waals surface area contributed by atoms with Crippen molar-refractivity contribution >= 4 is 5.97 Å². The molecule has 0 aliphatic rings. The monoisotopic (exact) mass is 182 g/mol. The number of esters is 1. The average Bonchev–Trinajstić information content (AvgIpc) is 1.94. The zero-order valence-corrected chi connectivity index (χ0v) is 8.83. The van der Waals surface area contributed by atoms with E-state index in [1.54, 1.807) is 6.08 Å². The normalized spacial score (nSPS) is 12.6. The van der Waals surface area contributed by atoms with Crippen molar-refractivity contribution in [1.29, 1.82) is 0 Å². The summed E-state index contributed by atoms with van der Waals surface area (Å²) in [4.78, 5) is 11.1. The van der Waals surface area contributed by atoms with Gasteiger partial charge in [-0.3, -0.25) is 0 Å². The van der Waals surface area contributed by atoms with Gasteiger partial charge in [0.25, 0.3) is 0 Å². The van der Waals surface area contributed by atoms with Crippen molar-refractivity contribution < 1.29 is 9.53 Å². The number of allylic oxidation sites excluding steroid dienone is 3. The summed E-state index contributed by atoms with van der Waals surface area (Å²) in [6, 6.07) is 0.